The molecule has 1 aliphatic carbocycles. The molecule has 1 heteroatoms. The van der Waals surface area contributed by atoms with Crippen LogP contribution >= 0.6 is 15.9 Å². The molecule has 2 rings (SSSR count). The van der Waals surface area contributed by atoms with Crippen LogP contribution in [0.15, 0.2) is 34.8 Å². The molecule has 1 aromatic rings. The van der Waals surface area contributed by atoms with Crippen LogP contribution in [0.1, 0.15) is 37.7 Å². The molecule has 1 aliphatic rings. The summed E-state index contributed by atoms with van der Waals surface area (Å²) in [6.07, 6.45) is 11.7. The first kappa shape index (κ1) is 10.9. The van der Waals surface area contributed by atoms with Gasteiger partial charge in [-0.3, -0.25) is 0 Å². The Labute approximate surface area is 101 Å². The third kappa shape index (κ3) is 3.49. The molecular weight excluding hydrogens is 248 g/mol. The lowest BCUT2D eigenvalue weighted by molar-refractivity contribution is 0.420. The summed E-state index contributed by atoms with van der Waals surface area (Å²) in [4.78, 5) is 0. The maximum atomic E-state index is 3.49. The van der Waals surface area contributed by atoms with Crippen molar-refractivity contribution in [2.45, 2.75) is 32.1 Å². The second-order valence-corrected chi connectivity index (χ2v) is 5.23. The zero-order valence-electron chi connectivity index (χ0n) is 8.95. The third-order valence-corrected chi connectivity index (χ3v) is 3.55. The van der Waals surface area contributed by atoms with Gasteiger partial charge in [0.15, 0.2) is 0 Å². The first-order valence-corrected chi connectivity index (χ1v) is 6.58. The lowest BCUT2D eigenvalue weighted by Gasteiger charge is -2.17. The Morgan fingerprint density at radius 1 is 1.13 bits per heavy atom. The Hall–Kier alpha value is -0.560. The van der Waals surface area contributed by atoms with Crippen LogP contribution in [0.3, 0.4) is 0 Å². The third-order valence-electron chi connectivity index (χ3n) is 3.06. The van der Waals surface area contributed by atoms with Crippen molar-refractivity contribution in [1.82, 2.24) is 0 Å². The summed E-state index contributed by atoms with van der Waals surface area (Å²) in [7, 11) is 0. The van der Waals surface area contributed by atoms with Gasteiger partial charge >= 0.3 is 0 Å². The van der Waals surface area contributed by atoms with E-state index in [1.807, 2.05) is 0 Å². The molecule has 0 aromatic heterocycles. The molecule has 0 heterocycles. The Morgan fingerprint density at radius 3 is 2.67 bits per heavy atom. The normalized spacial score (nSPS) is 18.5. The number of hydrogen-bond acceptors (Lipinski definition) is 0. The molecule has 0 N–H and O–H groups in total. The van der Waals surface area contributed by atoms with E-state index in [0.29, 0.717) is 0 Å². The second-order valence-electron chi connectivity index (χ2n) is 4.31. The predicted molar refractivity (Wildman–Crippen MR) is 69.8 cm³/mol. The van der Waals surface area contributed by atoms with Gasteiger partial charge in [-0.2, -0.15) is 0 Å². The van der Waals surface area contributed by atoms with Crippen LogP contribution in [0.2, 0.25) is 0 Å². The molecule has 1 aromatic carbocycles. The molecule has 1 fully saturated rings. The van der Waals surface area contributed by atoms with Gasteiger partial charge in [0.25, 0.3) is 0 Å². The van der Waals surface area contributed by atoms with Crippen molar-refractivity contribution in [3.63, 3.8) is 0 Å². The molecule has 0 aliphatic heterocycles. The van der Waals surface area contributed by atoms with Crippen LogP contribution in [-0.2, 0) is 0 Å². The van der Waals surface area contributed by atoms with Gasteiger partial charge < -0.3 is 0 Å². The summed E-state index contributed by atoms with van der Waals surface area (Å²) in [6, 6.07) is 8.48. The average molecular weight is 265 g/mol. The van der Waals surface area contributed by atoms with Crippen LogP contribution in [-0.4, -0.2) is 0 Å². The molecule has 80 valence electrons. The lowest BCUT2D eigenvalue weighted by Crippen LogP contribution is -2.02. The minimum absolute atomic E-state index is 0.817. The molecule has 0 bridgehead atoms. The number of rotatable bonds is 2. The van der Waals surface area contributed by atoms with Crippen molar-refractivity contribution in [2.75, 3.05) is 0 Å². The Morgan fingerprint density at radius 2 is 1.93 bits per heavy atom. The van der Waals surface area contributed by atoms with E-state index in [9.17, 15) is 0 Å². The molecular formula is C14H17Br. The van der Waals surface area contributed by atoms with Crippen molar-refractivity contribution in [3.8, 4) is 0 Å². The minimum atomic E-state index is 0.817. The van der Waals surface area contributed by atoms with E-state index in [1.54, 1.807) is 0 Å². The molecule has 0 atom stereocenters. The van der Waals surface area contributed by atoms with Gasteiger partial charge in [-0.15, -0.1) is 0 Å². The maximum absolute atomic E-state index is 3.49. The molecule has 15 heavy (non-hydrogen) atoms. The van der Waals surface area contributed by atoms with Gasteiger partial charge in [0, 0.05) is 4.47 Å². The maximum Gasteiger partial charge on any atom is 0.0181 e. The van der Waals surface area contributed by atoms with Crippen LogP contribution in [0.4, 0.5) is 0 Å². The highest BCUT2D eigenvalue weighted by atomic mass is 79.9. The van der Waals surface area contributed by atoms with Crippen molar-refractivity contribution in [2.24, 2.45) is 5.92 Å². The van der Waals surface area contributed by atoms with Crippen LogP contribution < -0.4 is 0 Å². The fourth-order valence-electron chi connectivity index (χ4n) is 2.18. The SMILES string of the molecule is Brc1cccc(/C=C/C2CCCCC2)c1. The molecule has 0 spiro atoms. The highest BCUT2D eigenvalue weighted by Crippen LogP contribution is 2.25. The fourth-order valence-corrected chi connectivity index (χ4v) is 2.60. The van der Waals surface area contributed by atoms with E-state index < -0.39 is 0 Å². The highest BCUT2D eigenvalue weighted by Gasteiger charge is 2.09. The largest absolute Gasteiger partial charge is 0.0808 e. The van der Waals surface area contributed by atoms with E-state index in [1.165, 1.54) is 37.7 Å². The summed E-state index contributed by atoms with van der Waals surface area (Å²) >= 11 is 3.49. The van der Waals surface area contributed by atoms with Crippen molar-refractivity contribution in [1.29, 1.82) is 0 Å². The molecule has 0 nitrogen and oxygen atoms in total. The standard InChI is InChI=1S/C14H17Br/c15-14-8-4-7-13(11-14)10-9-12-5-2-1-3-6-12/h4,7-12H,1-3,5-6H2/b10-9+. The quantitative estimate of drug-likeness (QED) is 0.702. The first-order valence-electron chi connectivity index (χ1n) is 5.78. The van der Waals surface area contributed by atoms with Gasteiger partial charge in [-0.05, 0) is 36.5 Å². The van der Waals surface area contributed by atoms with E-state index >= 15 is 0 Å². The monoisotopic (exact) mass is 264 g/mol. The summed E-state index contributed by atoms with van der Waals surface area (Å²) in [5.41, 5.74) is 1.30. The van der Waals surface area contributed by atoms with Crippen molar-refractivity contribution in [3.05, 3.63) is 40.4 Å². The lowest BCUT2D eigenvalue weighted by atomic mass is 9.89. The van der Waals surface area contributed by atoms with E-state index in [2.05, 4.69) is 52.3 Å². The first-order chi connectivity index (χ1) is 7.34. The van der Waals surface area contributed by atoms with Crippen molar-refractivity contribution >= 4 is 22.0 Å². The van der Waals surface area contributed by atoms with Gasteiger partial charge in [0.2, 0.25) is 0 Å². The molecule has 1 saturated carbocycles. The predicted octanol–water partition coefficient (Wildman–Crippen LogP) is 5.04. The van der Waals surface area contributed by atoms with E-state index in [-0.39, 0.29) is 0 Å². The molecule has 0 unspecified atom stereocenters. The van der Waals surface area contributed by atoms with Crippen LogP contribution in [0.25, 0.3) is 6.08 Å². The van der Waals surface area contributed by atoms with Crippen LogP contribution in [0, 0.1) is 5.92 Å². The zero-order chi connectivity index (χ0) is 10.5. The number of hydrogen-bond donors (Lipinski definition) is 0. The highest BCUT2D eigenvalue weighted by molar-refractivity contribution is 9.10. The molecule has 0 saturated heterocycles. The number of allylic oxidation sites excluding steroid dienone is 1. The zero-order valence-corrected chi connectivity index (χ0v) is 10.5. The second kappa shape index (κ2) is 5.50. The average Bonchev–Trinajstić information content (AvgIpc) is 2.28. The Bertz CT molecular complexity index is 335. The molecule has 0 radical (unpaired) electrons. The van der Waals surface area contributed by atoms with Gasteiger partial charge in [-0.1, -0.05) is 59.5 Å². The van der Waals surface area contributed by atoms with E-state index in [0.717, 1.165) is 10.4 Å². The van der Waals surface area contributed by atoms with Crippen LogP contribution in [0.5, 0.6) is 0 Å². The van der Waals surface area contributed by atoms with Gasteiger partial charge in [0.1, 0.15) is 0 Å². The number of benzene rings is 1. The summed E-state index contributed by atoms with van der Waals surface area (Å²) in [5, 5.41) is 0. The van der Waals surface area contributed by atoms with Gasteiger partial charge in [-0.25, -0.2) is 0 Å². The summed E-state index contributed by atoms with van der Waals surface area (Å²) in [6.45, 7) is 0. The molecule has 0 amide bonds. The summed E-state index contributed by atoms with van der Waals surface area (Å²) in [5.74, 6) is 0.817. The topological polar surface area (TPSA) is 0 Å². The van der Waals surface area contributed by atoms with Crippen molar-refractivity contribution < 1.29 is 0 Å². The van der Waals surface area contributed by atoms with Gasteiger partial charge in [0.05, 0.1) is 0 Å². The Balaban J connectivity index is 1.97. The Kier molecular flexibility index (Phi) is 4.01. The smallest absolute Gasteiger partial charge is 0.0181 e. The number of halogens is 1. The minimum Gasteiger partial charge on any atom is -0.0808 e. The summed E-state index contributed by atoms with van der Waals surface area (Å²) < 4.78 is 1.16. The van der Waals surface area contributed by atoms with E-state index in [4.69, 9.17) is 0 Å². The fraction of sp³-hybridized carbons (Fsp3) is 0.429.